The topological polar surface area (TPSA) is 45.2 Å². The first-order valence-electron chi connectivity index (χ1n) is 9.14. The van der Waals surface area contributed by atoms with Crippen LogP contribution in [0.2, 0.25) is 0 Å². The molecule has 2 heterocycles. The molecule has 8 heteroatoms. The maximum absolute atomic E-state index is 14.3. The zero-order chi connectivity index (χ0) is 20.1. The minimum atomic E-state index is -4.65. The molecule has 1 N–H and O–H groups in total. The molecule has 1 atom stereocenters. The van der Waals surface area contributed by atoms with Crippen LogP contribution >= 0.6 is 0 Å². The van der Waals surface area contributed by atoms with Crippen molar-refractivity contribution < 1.29 is 22.4 Å². The lowest BCUT2D eigenvalue weighted by Crippen LogP contribution is -2.41. The molecule has 1 aliphatic rings. The molecule has 0 spiro atoms. The lowest BCUT2D eigenvalue weighted by atomic mass is 10.0. The number of nitrogens with one attached hydrogen (secondary N) is 1. The molecule has 0 aliphatic carbocycles. The van der Waals surface area contributed by atoms with Crippen LogP contribution in [-0.2, 0) is 12.7 Å². The summed E-state index contributed by atoms with van der Waals surface area (Å²) in [7, 11) is 0. The Labute approximate surface area is 160 Å². The summed E-state index contributed by atoms with van der Waals surface area (Å²) in [6.07, 6.45) is -0.925. The first-order valence-corrected chi connectivity index (χ1v) is 9.14. The van der Waals surface area contributed by atoms with E-state index in [4.69, 9.17) is 0 Å². The molecule has 1 fully saturated rings. The Bertz CT molecular complexity index is 803. The van der Waals surface area contributed by atoms with E-state index in [2.05, 4.69) is 10.3 Å². The monoisotopic (exact) mass is 395 g/mol. The molecular formula is C20H21F4N3O. The van der Waals surface area contributed by atoms with E-state index in [-0.39, 0.29) is 12.6 Å². The third-order valence-electron chi connectivity index (χ3n) is 4.83. The predicted octanol–water partition coefficient (Wildman–Crippen LogP) is 4.02. The van der Waals surface area contributed by atoms with Gasteiger partial charge in [0, 0.05) is 12.2 Å². The van der Waals surface area contributed by atoms with Gasteiger partial charge in [-0.05, 0) is 62.7 Å². The Balaban J connectivity index is 1.96. The van der Waals surface area contributed by atoms with Crippen LogP contribution in [0.5, 0.6) is 0 Å². The average molecular weight is 395 g/mol. The van der Waals surface area contributed by atoms with Gasteiger partial charge < -0.3 is 10.2 Å². The van der Waals surface area contributed by atoms with Gasteiger partial charge in [0.2, 0.25) is 0 Å². The van der Waals surface area contributed by atoms with Crippen LogP contribution in [0, 0.1) is 5.82 Å². The fraction of sp³-hybridized carbons (Fsp3) is 0.400. The smallest absolute Gasteiger partial charge is 0.330 e. The molecule has 4 nitrogen and oxygen atoms in total. The van der Waals surface area contributed by atoms with Crippen molar-refractivity contribution in [3.8, 4) is 0 Å². The van der Waals surface area contributed by atoms with Gasteiger partial charge in [-0.3, -0.25) is 9.78 Å². The van der Waals surface area contributed by atoms with Gasteiger partial charge in [0.25, 0.3) is 5.91 Å². The van der Waals surface area contributed by atoms with Crippen molar-refractivity contribution in [2.45, 2.75) is 38.0 Å². The fourth-order valence-corrected chi connectivity index (χ4v) is 3.37. The molecule has 28 heavy (non-hydrogen) atoms. The average Bonchev–Trinajstić information content (AvgIpc) is 2.95. The standard InChI is InChI=1S/C20H21F4N3O/c21-18-7-6-14(20(22,23)24)12-17(18)19(28)27(13-15-4-1-2-10-26-15)16-5-3-9-25-11-8-16/h1-2,4,6-7,10,12,16,25H,3,5,8-9,11,13H2. The lowest BCUT2D eigenvalue weighted by Gasteiger charge is -2.31. The first kappa shape index (κ1) is 20.3. The largest absolute Gasteiger partial charge is 0.416 e. The third-order valence-corrected chi connectivity index (χ3v) is 4.83. The van der Waals surface area contributed by atoms with Crippen molar-refractivity contribution in [3.05, 3.63) is 65.2 Å². The number of carbonyl (C=O) groups excluding carboxylic acids is 1. The Morgan fingerprint density at radius 2 is 2.00 bits per heavy atom. The SMILES string of the molecule is O=C(c1cc(C(F)(F)F)ccc1F)N(Cc1ccccn1)C1CCCNCC1. The highest BCUT2D eigenvalue weighted by Crippen LogP contribution is 2.31. The number of carbonyl (C=O) groups is 1. The molecule has 3 rings (SSSR count). The number of benzene rings is 1. The molecular weight excluding hydrogens is 374 g/mol. The summed E-state index contributed by atoms with van der Waals surface area (Å²) in [6, 6.07) is 6.96. The molecule has 1 aliphatic heterocycles. The van der Waals surface area contributed by atoms with Crippen LogP contribution in [0.3, 0.4) is 0 Å². The molecule has 1 aromatic heterocycles. The van der Waals surface area contributed by atoms with Gasteiger partial charge in [-0.2, -0.15) is 13.2 Å². The van der Waals surface area contributed by atoms with E-state index in [9.17, 15) is 22.4 Å². The molecule has 0 bridgehead atoms. The van der Waals surface area contributed by atoms with Gasteiger partial charge in [-0.15, -0.1) is 0 Å². The highest BCUT2D eigenvalue weighted by molar-refractivity contribution is 5.95. The Hall–Kier alpha value is -2.48. The minimum Gasteiger partial charge on any atom is -0.330 e. The molecule has 2 aromatic rings. The zero-order valence-corrected chi connectivity index (χ0v) is 15.2. The van der Waals surface area contributed by atoms with Crippen LogP contribution in [-0.4, -0.2) is 34.9 Å². The van der Waals surface area contributed by atoms with Crippen LogP contribution in [0.1, 0.15) is 40.9 Å². The lowest BCUT2D eigenvalue weighted by molar-refractivity contribution is -0.137. The van der Waals surface area contributed by atoms with Gasteiger partial charge in [0.1, 0.15) is 5.82 Å². The maximum atomic E-state index is 14.3. The summed E-state index contributed by atoms with van der Waals surface area (Å²) in [5, 5.41) is 3.24. The van der Waals surface area contributed by atoms with Gasteiger partial charge >= 0.3 is 6.18 Å². The van der Waals surface area contributed by atoms with E-state index in [1.54, 1.807) is 24.4 Å². The van der Waals surface area contributed by atoms with E-state index >= 15 is 0 Å². The Morgan fingerprint density at radius 3 is 2.71 bits per heavy atom. The minimum absolute atomic E-state index is 0.111. The van der Waals surface area contributed by atoms with Gasteiger partial charge in [0.15, 0.2) is 0 Å². The summed E-state index contributed by atoms with van der Waals surface area (Å²) >= 11 is 0. The second kappa shape index (κ2) is 8.68. The summed E-state index contributed by atoms with van der Waals surface area (Å²) in [6.45, 7) is 1.60. The summed E-state index contributed by atoms with van der Waals surface area (Å²) in [5.74, 6) is -1.71. The number of hydrogen-bond donors (Lipinski definition) is 1. The summed E-state index contributed by atoms with van der Waals surface area (Å²) in [4.78, 5) is 18.8. The van der Waals surface area contributed by atoms with Crippen molar-refractivity contribution in [2.24, 2.45) is 0 Å². The highest BCUT2D eigenvalue weighted by Gasteiger charge is 2.34. The van der Waals surface area contributed by atoms with E-state index < -0.39 is 29.0 Å². The molecule has 150 valence electrons. The van der Waals surface area contributed by atoms with E-state index in [1.807, 2.05) is 0 Å². The van der Waals surface area contributed by atoms with Crippen molar-refractivity contribution in [3.63, 3.8) is 0 Å². The van der Waals surface area contributed by atoms with Crippen molar-refractivity contribution in [1.82, 2.24) is 15.2 Å². The van der Waals surface area contributed by atoms with Gasteiger partial charge in [-0.1, -0.05) is 6.07 Å². The number of halogens is 4. The number of alkyl halides is 3. The van der Waals surface area contributed by atoms with Gasteiger partial charge in [0.05, 0.1) is 23.4 Å². The van der Waals surface area contributed by atoms with Gasteiger partial charge in [-0.25, -0.2) is 4.39 Å². The van der Waals surface area contributed by atoms with Crippen molar-refractivity contribution in [2.75, 3.05) is 13.1 Å². The van der Waals surface area contributed by atoms with E-state index in [1.165, 1.54) is 4.90 Å². The molecule has 0 saturated carbocycles. The fourth-order valence-electron chi connectivity index (χ4n) is 3.37. The quantitative estimate of drug-likeness (QED) is 0.796. The van der Waals surface area contributed by atoms with Crippen molar-refractivity contribution >= 4 is 5.91 Å². The normalized spacial score (nSPS) is 17.8. The predicted molar refractivity (Wildman–Crippen MR) is 96.0 cm³/mol. The zero-order valence-electron chi connectivity index (χ0n) is 15.2. The van der Waals surface area contributed by atoms with Crippen LogP contribution in [0.25, 0.3) is 0 Å². The number of amides is 1. The number of rotatable bonds is 4. The molecule has 1 aromatic carbocycles. The molecule has 1 unspecified atom stereocenters. The number of nitrogens with zero attached hydrogens (tertiary/aromatic N) is 2. The van der Waals surface area contributed by atoms with Crippen LogP contribution in [0.15, 0.2) is 42.6 Å². The van der Waals surface area contributed by atoms with E-state index in [0.29, 0.717) is 43.3 Å². The summed E-state index contributed by atoms with van der Waals surface area (Å²) in [5.41, 5.74) is -1.01. The molecule has 0 radical (unpaired) electrons. The molecule has 1 saturated heterocycles. The number of aromatic nitrogens is 1. The van der Waals surface area contributed by atoms with Crippen LogP contribution < -0.4 is 5.32 Å². The third kappa shape index (κ3) is 4.86. The summed E-state index contributed by atoms with van der Waals surface area (Å²) < 4.78 is 53.5. The van der Waals surface area contributed by atoms with Crippen molar-refractivity contribution in [1.29, 1.82) is 0 Å². The first-order chi connectivity index (χ1) is 13.4. The maximum Gasteiger partial charge on any atom is 0.416 e. The second-order valence-corrected chi connectivity index (χ2v) is 6.78. The Kier molecular flexibility index (Phi) is 6.28. The highest BCUT2D eigenvalue weighted by atomic mass is 19.4. The number of hydrogen-bond acceptors (Lipinski definition) is 3. The molecule has 1 amide bonds. The van der Waals surface area contributed by atoms with E-state index in [0.717, 1.165) is 13.0 Å². The number of pyridine rings is 1. The second-order valence-electron chi connectivity index (χ2n) is 6.78. The Morgan fingerprint density at radius 1 is 1.18 bits per heavy atom. The van der Waals surface area contributed by atoms with Crippen LogP contribution in [0.4, 0.5) is 17.6 Å².